The number of aryl methyl sites for hydroxylation is 1. The molecule has 1 aromatic heterocycles. The zero-order valence-electron chi connectivity index (χ0n) is 7.89. The van der Waals surface area contributed by atoms with Gasteiger partial charge in [0.25, 0.3) is 0 Å². The summed E-state index contributed by atoms with van der Waals surface area (Å²) in [6.45, 7) is 4.63. The minimum atomic E-state index is 0.907. The quantitative estimate of drug-likeness (QED) is 0.535. The second kappa shape index (κ2) is 3.21. The van der Waals surface area contributed by atoms with E-state index in [-0.39, 0.29) is 0 Å². The van der Waals surface area contributed by atoms with Gasteiger partial charge in [-0.05, 0) is 48.6 Å². The highest BCUT2D eigenvalue weighted by Gasteiger charge is 2.15. The minimum absolute atomic E-state index is 0.907. The van der Waals surface area contributed by atoms with Crippen molar-refractivity contribution in [1.29, 1.82) is 0 Å². The zero-order valence-corrected chi connectivity index (χ0v) is 8.71. The Morgan fingerprint density at radius 1 is 1.50 bits per heavy atom. The van der Waals surface area contributed by atoms with Gasteiger partial charge in [-0.15, -0.1) is 11.3 Å². The molecule has 0 saturated heterocycles. The van der Waals surface area contributed by atoms with Crippen LogP contribution in [0.5, 0.6) is 0 Å². The van der Waals surface area contributed by atoms with Gasteiger partial charge in [-0.3, -0.25) is 0 Å². The van der Waals surface area contributed by atoms with Gasteiger partial charge >= 0.3 is 0 Å². The van der Waals surface area contributed by atoms with Gasteiger partial charge < -0.3 is 0 Å². The molecule has 0 N–H and O–H groups in total. The Bertz CT molecular complexity index is 273. The predicted octanol–water partition coefficient (Wildman–Crippen LogP) is 3.57. The van der Waals surface area contributed by atoms with Crippen LogP contribution in [0, 0.1) is 12.8 Å². The van der Waals surface area contributed by atoms with Gasteiger partial charge in [-0.25, -0.2) is 0 Å². The number of hydrogen-bond acceptors (Lipinski definition) is 1. The first-order valence-corrected chi connectivity index (χ1v) is 5.71. The Kier molecular flexibility index (Phi) is 2.22. The average Bonchev–Trinajstić information content (AvgIpc) is 2.31. The second-order valence-electron chi connectivity index (χ2n) is 4.02. The second-order valence-corrected chi connectivity index (χ2v) is 4.99. The van der Waals surface area contributed by atoms with Gasteiger partial charge in [0.2, 0.25) is 0 Å². The largest absolute Gasteiger partial charge is 0.148 e. The molecule has 12 heavy (non-hydrogen) atoms. The van der Waals surface area contributed by atoms with Crippen LogP contribution >= 0.6 is 11.3 Å². The van der Waals surface area contributed by atoms with Crippen LogP contribution in [0.2, 0.25) is 0 Å². The lowest BCUT2D eigenvalue weighted by Crippen LogP contribution is -1.94. The fraction of sp³-hybridized carbons (Fsp3) is 0.636. The third kappa shape index (κ3) is 1.42. The third-order valence-electron chi connectivity index (χ3n) is 2.85. The summed E-state index contributed by atoms with van der Waals surface area (Å²) in [6.07, 6.45) is 5.47. The molecule has 1 atom stereocenters. The molecule has 0 fully saturated rings. The summed E-state index contributed by atoms with van der Waals surface area (Å²) in [6, 6.07) is 0. The Morgan fingerprint density at radius 2 is 2.33 bits per heavy atom. The van der Waals surface area contributed by atoms with Crippen LogP contribution in [0.4, 0.5) is 0 Å². The van der Waals surface area contributed by atoms with Crippen LogP contribution < -0.4 is 0 Å². The molecule has 0 aromatic carbocycles. The van der Waals surface area contributed by atoms with Crippen LogP contribution in [0.25, 0.3) is 0 Å². The van der Waals surface area contributed by atoms with Gasteiger partial charge in [0.15, 0.2) is 0 Å². The van der Waals surface area contributed by atoms with E-state index in [1.165, 1.54) is 31.2 Å². The molecule has 0 aliphatic heterocycles. The summed E-state index contributed by atoms with van der Waals surface area (Å²) in [5.74, 6) is 0.907. The lowest BCUT2D eigenvalue weighted by Gasteiger charge is -2.04. The van der Waals surface area contributed by atoms with Crippen molar-refractivity contribution in [1.82, 2.24) is 0 Å². The Morgan fingerprint density at radius 3 is 3.17 bits per heavy atom. The fourth-order valence-corrected chi connectivity index (χ4v) is 3.32. The normalized spacial score (nSPS) is 23.3. The predicted molar refractivity (Wildman–Crippen MR) is 54.9 cm³/mol. The van der Waals surface area contributed by atoms with Gasteiger partial charge in [-0.1, -0.05) is 13.3 Å². The van der Waals surface area contributed by atoms with E-state index in [1.807, 2.05) is 11.3 Å². The first-order chi connectivity index (χ1) is 5.77. The van der Waals surface area contributed by atoms with Crippen LogP contribution in [0.1, 0.15) is 35.8 Å². The molecule has 0 saturated carbocycles. The summed E-state index contributed by atoms with van der Waals surface area (Å²) in [5.41, 5.74) is 3.20. The summed E-state index contributed by atoms with van der Waals surface area (Å²) >= 11 is 1.97. The molecule has 1 unspecified atom stereocenters. The zero-order chi connectivity index (χ0) is 8.55. The SMILES string of the molecule is Cc1csc2c1CCCC(C)C2. The maximum absolute atomic E-state index is 2.38. The number of fused-ring (bicyclic) bond motifs is 1. The van der Waals surface area contributed by atoms with E-state index < -0.39 is 0 Å². The third-order valence-corrected chi connectivity index (χ3v) is 4.02. The molecular formula is C11H16S. The molecule has 2 rings (SSSR count). The maximum Gasteiger partial charge on any atom is 0.00826 e. The van der Waals surface area contributed by atoms with E-state index >= 15 is 0 Å². The maximum atomic E-state index is 2.38. The molecule has 1 heteroatoms. The van der Waals surface area contributed by atoms with E-state index in [9.17, 15) is 0 Å². The first kappa shape index (κ1) is 8.31. The van der Waals surface area contributed by atoms with Crippen LogP contribution in [0.3, 0.4) is 0 Å². The van der Waals surface area contributed by atoms with Crippen molar-refractivity contribution in [3.63, 3.8) is 0 Å². The average molecular weight is 180 g/mol. The van der Waals surface area contributed by atoms with Crippen molar-refractivity contribution in [3.8, 4) is 0 Å². The standard InChI is InChI=1S/C11H16S/c1-8-4-3-5-10-9(2)7-12-11(10)6-8/h7-8H,3-6H2,1-2H3. The van der Waals surface area contributed by atoms with Crippen molar-refractivity contribution >= 4 is 11.3 Å². The molecule has 1 heterocycles. The Hall–Kier alpha value is -0.300. The van der Waals surface area contributed by atoms with E-state index in [2.05, 4.69) is 19.2 Å². The molecule has 1 aliphatic carbocycles. The highest BCUT2D eigenvalue weighted by Crippen LogP contribution is 2.30. The van der Waals surface area contributed by atoms with E-state index in [1.54, 1.807) is 10.4 Å². The lowest BCUT2D eigenvalue weighted by atomic mass is 10.0. The topological polar surface area (TPSA) is 0 Å². The van der Waals surface area contributed by atoms with Gasteiger partial charge in [0.05, 0.1) is 0 Å². The molecule has 1 aromatic rings. The minimum Gasteiger partial charge on any atom is -0.148 e. The van der Waals surface area contributed by atoms with Crippen LogP contribution in [-0.2, 0) is 12.8 Å². The highest BCUT2D eigenvalue weighted by molar-refractivity contribution is 7.10. The van der Waals surface area contributed by atoms with Gasteiger partial charge in [-0.2, -0.15) is 0 Å². The van der Waals surface area contributed by atoms with Gasteiger partial charge in [0, 0.05) is 4.88 Å². The molecule has 0 nitrogen and oxygen atoms in total. The van der Waals surface area contributed by atoms with E-state index in [0.29, 0.717) is 0 Å². The van der Waals surface area contributed by atoms with Crippen LogP contribution in [-0.4, -0.2) is 0 Å². The first-order valence-electron chi connectivity index (χ1n) is 4.83. The fourth-order valence-electron chi connectivity index (χ4n) is 2.08. The summed E-state index contributed by atoms with van der Waals surface area (Å²) < 4.78 is 0. The molecule has 1 aliphatic rings. The van der Waals surface area contributed by atoms with Crippen molar-refractivity contribution in [3.05, 3.63) is 21.4 Å². The van der Waals surface area contributed by atoms with Gasteiger partial charge in [0.1, 0.15) is 0 Å². The molecule has 0 spiro atoms. The Balaban J connectivity index is 2.32. The summed E-state index contributed by atoms with van der Waals surface area (Å²) in [4.78, 5) is 1.66. The molecule has 66 valence electrons. The monoisotopic (exact) mass is 180 g/mol. The lowest BCUT2D eigenvalue weighted by molar-refractivity contribution is 0.529. The van der Waals surface area contributed by atoms with Crippen molar-refractivity contribution < 1.29 is 0 Å². The van der Waals surface area contributed by atoms with Crippen molar-refractivity contribution in [2.24, 2.45) is 5.92 Å². The molecule has 0 radical (unpaired) electrons. The summed E-state index contributed by atoms with van der Waals surface area (Å²) in [7, 11) is 0. The van der Waals surface area contributed by atoms with E-state index in [4.69, 9.17) is 0 Å². The smallest absolute Gasteiger partial charge is 0.00826 e. The summed E-state index contributed by atoms with van der Waals surface area (Å²) in [5, 5.41) is 2.32. The molecule has 0 amide bonds. The Labute approximate surface area is 78.6 Å². The van der Waals surface area contributed by atoms with Crippen molar-refractivity contribution in [2.45, 2.75) is 39.5 Å². The molecule has 0 bridgehead atoms. The number of hydrogen-bond donors (Lipinski definition) is 0. The molecular weight excluding hydrogens is 164 g/mol. The van der Waals surface area contributed by atoms with Crippen LogP contribution in [0.15, 0.2) is 5.38 Å². The van der Waals surface area contributed by atoms with E-state index in [0.717, 1.165) is 5.92 Å². The highest BCUT2D eigenvalue weighted by atomic mass is 32.1. The number of rotatable bonds is 0. The number of thiophene rings is 1. The van der Waals surface area contributed by atoms with Crippen molar-refractivity contribution in [2.75, 3.05) is 0 Å².